The molecule has 372 valence electrons. The van der Waals surface area contributed by atoms with Crippen LogP contribution in [0.5, 0.6) is 0 Å². The number of aromatic nitrogens is 1. The minimum atomic E-state index is -4.80. The standard InChI is InChI=1S/C53H56F3N7O6S2/c1-33-45(71-32-59-33)38-16-10-34(11-17-38)29-58-47(65)43-9-7-24-61(43)48(66)46(51(2,3)4)60-44(64)31-69-26-8-25-68-30-35-12-14-36(15-13-35)37-18-21-40(22-19-37)63-50(70)62(49(67)52(63,5)6)41-23-20-39(28-57)42(27-41)53(54,55)56/h10-23,27,32,43,46H,7-9,24-26,29-31H2,1-6H3,(H,58,65)(H,60,64)/t43-,46?/m0/s1. The monoisotopic (exact) mass is 1010 g/mol. The van der Waals surface area contributed by atoms with Gasteiger partial charge in [-0.15, -0.1) is 11.3 Å². The molecule has 3 heterocycles. The molecule has 2 aliphatic rings. The summed E-state index contributed by atoms with van der Waals surface area (Å²) in [7, 11) is 0. The Morgan fingerprint density at radius 1 is 0.915 bits per heavy atom. The van der Waals surface area contributed by atoms with E-state index in [1.807, 2.05) is 93.9 Å². The van der Waals surface area contributed by atoms with E-state index in [-0.39, 0.29) is 35.8 Å². The lowest BCUT2D eigenvalue weighted by Gasteiger charge is -2.35. The van der Waals surface area contributed by atoms with Crippen molar-refractivity contribution in [2.24, 2.45) is 5.41 Å². The number of halogens is 3. The molecule has 4 amide bonds. The molecule has 2 saturated heterocycles. The highest BCUT2D eigenvalue weighted by molar-refractivity contribution is 7.81. The summed E-state index contributed by atoms with van der Waals surface area (Å²) in [4.78, 5) is 63.8. The van der Waals surface area contributed by atoms with Gasteiger partial charge in [0, 0.05) is 32.0 Å². The second-order valence-electron chi connectivity index (χ2n) is 19.1. The summed E-state index contributed by atoms with van der Waals surface area (Å²) in [5.41, 5.74) is 4.50. The molecule has 2 atom stereocenters. The molecule has 71 heavy (non-hydrogen) atoms. The highest BCUT2D eigenvalue weighted by atomic mass is 32.1. The quantitative estimate of drug-likeness (QED) is 0.0680. The van der Waals surface area contributed by atoms with Gasteiger partial charge >= 0.3 is 6.18 Å². The molecule has 2 N–H and O–H groups in total. The number of nitrogens with zero attached hydrogens (tertiary/aromatic N) is 5. The van der Waals surface area contributed by atoms with Gasteiger partial charge in [-0.25, -0.2) is 4.98 Å². The number of hydrogen-bond donors (Lipinski definition) is 2. The van der Waals surface area contributed by atoms with Crippen LogP contribution in [-0.2, 0) is 48.0 Å². The zero-order valence-electron chi connectivity index (χ0n) is 40.4. The molecule has 2 aliphatic heterocycles. The smallest absolute Gasteiger partial charge is 0.377 e. The predicted molar refractivity (Wildman–Crippen MR) is 270 cm³/mol. The van der Waals surface area contributed by atoms with Gasteiger partial charge in [-0.05, 0) is 116 Å². The lowest BCUT2D eigenvalue weighted by Crippen LogP contribution is -2.58. The van der Waals surface area contributed by atoms with E-state index in [1.165, 1.54) is 6.07 Å². The lowest BCUT2D eigenvalue weighted by molar-refractivity contribution is -0.144. The van der Waals surface area contributed by atoms with Crippen molar-refractivity contribution in [2.45, 2.75) is 97.8 Å². The number of carbonyl (C=O) groups excluding carboxylic acids is 4. The van der Waals surface area contributed by atoms with Crippen LogP contribution in [0, 0.1) is 23.7 Å². The van der Waals surface area contributed by atoms with Crippen LogP contribution in [0.1, 0.15) is 81.8 Å². The van der Waals surface area contributed by atoms with Crippen LogP contribution in [-0.4, -0.2) is 82.6 Å². The fraction of sp³-hybridized carbons (Fsp3) is 0.377. The molecule has 0 spiro atoms. The number of nitriles is 1. The van der Waals surface area contributed by atoms with Gasteiger partial charge in [-0.1, -0.05) is 81.4 Å². The van der Waals surface area contributed by atoms with Crippen LogP contribution in [0.3, 0.4) is 0 Å². The summed E-state index contributed by atoms with van der Waals surface area (Å²) < 4.78 is 52.8. The SMILES string of the molecule is Cc1ncsc1-c1ccc(CNC(=O)[C@@H]2CCCN2C(=O)C(NC(=O)COCCCOCc2ccc(-c3ccc(N4C(=S)N(c5ccc(C#N)c(C(F)(F)F)c5)C(=O)C4(C)C)cc3)cc2)C(C)(C)C)cc1. The number of carbonyl (C=O) groups is 4. The Kier molecular flexibility index (Phi) is 16.1. The Morgan fingerprint density at radius 2 is 1.54 bits per heavy atom. The number of ether oxygens (including phenoxy) is 2. The van der Waals surface area contributed by atoms with E-state index in [9.17, 15) is 37.6 Å². The Balaban J connectivity index is 0.833. The number of amides is 4. The first-order valence-electron chi connectivity index (χ1n) is 23.2. The molecule has 1 aromatic heterocycles. The number of hydrogen-bond acceptors (Lipinski definition) is 10. The predicted octanol–water partition coefficient (Wildman–Crippen LogP) is 9.35. The van der Waals surface area contributed by atoms with Gasteiger partial charge in [0.05, 0.1) is 45.6 Å². The van der Waals surface area contributed by atoms with E-state index >= 15 is 0 Å². The summed E-state index contributed by atoms with van der Waals surface area (Å²) in [6.45, 7) is 12.4. The third-order valence-corrected chi connectivity index (χ3v) is 13.9. The minimum absolute atomic E-state index is 0.0122. The number of nitrogens with one attached hydrogen (secondary N) is 2. The van der Waals surface area contributed by atoms with Gasteiger partial charge in [-0.2, -0.15) is 18.4 Å². The highest BCUT2D eigenvalue weighted by Crippen LogP contribution is 2.40. The maximum absolute atomic E-state index is 14.0. The van der Waals surface area contributed by atoms with Crippen molar-refractivity contribution in [3.63, 3.8) is 0 Å². The topological polar surface area (TPSA) is 157 Å². The van der Waals surface area contributed by atoms with Crippen LogP contribution in [0.2, 0.25) is 0 Å². The molecule has 13 nitrogen and oxygen atoms in total. The summed E-state index contributed by atoms with van der Waals surface area (Å²) in [5.74, 6) is -1.47. The molecular weight excluding hydrogens is 952 g/mol. The van der Waals surface area contributed by atoms with Crippen molar-refractivity contribution in [3.05, 3.63) is 124 Å². The van der Waals surface area contributed by atoms with E-state index in [0.717, 1.165) is 55.4 Å². The van der Waals surface area contributed by atoms with Gasteiger partial charge in [-0.3, -0.25) is 24.1 Å². The first-order chi connectivity index (χ1) is 33.7. The zero-order valence-corrected chi connectivity index (χ0v) is 42.0. The average Bonchev–Trinajstić information content (AvgIpc) is 4.05. The summed E-state index contributed by atoms with van der Waals surface area (Å²) in [6.07, 6.45) is -3.05. The fourth-order valence-corrected chi connectivity index (χ4v) is 9.99. The number of rotatable bonds is 17. The molecule has 0 radical (unpaired) electrons. The molecule has 7 rings (SSSR count). The number of benzene rings is 4. The van der Waals surface area contributed by atoms with E-state index in [0.29, 0.717) is 51.3 Å². The highest BCUT2D eigenvalue weighted by Gasteiger charge is 2.51. The van der Waals surface area contributed by atoms with Crippen LogP contribution in [0.4, 0.5) is 24.5 Å². The van der Waals surface area contributed by atoms with Gasteiger partial charge in [0.25, 0.3) is 5.91 Å². The van der Waals surface area contributed by atoms with E-state index in [4.69, 9.17) is 21.7 Å². The largest absolute Gasteiger partial charge is 0.417 e. The number of likely N-dealkylation sites (tertiary alicyclic amines) is 1. The van der Waals surface area contributed by atoms with Crippen LogP contribution in [0.15, 0.2) is 96.5 Å². The van der Waals surface area contributed by atoms with Crippen molar-refractivity contribution in [1.29, 1.82) is 5.26 Å². The second kappa shape index (κ2) is 21.9. The van der Waals surface area contributed by atoms with Crippen molar-refractivity contribution in [2.75, 3.05) is 36.2 Å². The lowest BCUT2D eigenvalue weighted by atomic mass is 9.85. The molecule has 1 unspecified atom stereocenters. The first kappa shape index (κ1) is 52.3. The molecule has 5 aromatic rings. The number of aryl methyl sites for hydroxylation is 1. The van der Waals surface area contributed by atoms with Gasteiger partial charge in [0.1, 0.15) is 24.2 Å². The van der Waals surface area contributed by atoms with Crippen molar-refractivity contribution >= 4 is 63.7 Å². The molecule has 2 fully saturated rings. The number of anilines is 2. The molecule has 0 bridgehead atoms. The van der Waals surface area contributed by atoms with Crippen LogP contribution < -0.4 is 20.4 Å². The van der Waals surface area contributed by atoms with Crippen LogP contribution >= 0.6 is 23.6 Å². The van der Waals surface area contributed by atoms with Crippen molar-refractivity contribution < 1.29 is 41.8 Å². The molecular formula is C53H56F3N7O6S2. The molecule has 0 aliphatic carbocycles. The normalized spacial score (nSPS) is 16.3. The zero-order chi connectivity index (χ0) is 51.3. The number of alkyl halides is 3. The van der Waals surface area contributed by atoms with Gasteiger partial charge < -0.3 is 29.9 Å². The minimum Gasteiger partial charge on any atom is -0.377 e. The summed E-state index contributed by atoms with van der Waals surface area (Å²) in [6, 6.07) is 26.3. The van der Waals surface area contributed by atoms with E-state index in [1.54, 1.807) is 53.2 Å². The number of thiocarbonyl (C=S) groups is 1. The third kappa shape index (κ3) is 12.0. The van der Waals surface area contributed by atoms with Gasteiger partial charge in [0.2, 0.25) is 17.7 Å². The summed E-state index contributed by atoms with van der Waals surface area (Å²) in [5, 5.41) is 15.1. The van der Waals surface area contributed by atoms with E-state index < -0.39 is 52.2 Å². The Hall–Kier alpha value is -6.52. The van der Waals surface area contributed by atoms with Crippen molar-refractivity contribution in [3.8, 4) is 27.6 Å². The number of thiazole rings is 1. The molecule has 18 heteroatoms. The second-order valence-corrected chi connectivity index (χ2v) is 20.3. The Labute approximate surface area is 420 Å². The average molecular weight is 1010 g/mol. The maximum Gasteiger partial charge on any atom is 0.417 e. The molecule has 4 aromatic carbocycles. The van der Waals surface area contributed by atoms with Gasteiger partial charge in [0.15, 0.2) is 5.11 Å². The summed E-state index contributed by atoms with van der Waals surface area (Å²) >= 11 is 7.26. The fourth-order valence-electron chi connectivity index (χ4n) is 8.65. The Bertz CT molecular complexity index is 2800. The molecule has 0 saturated carbocycles. The first-order valence-corrected chi connectivity index (χ1v) is 24.5. The van der Waals surface area contributed by atoms with Crippen molar-refractivity contribution in [1.82, 2.24) is 20.5 Å². The van der Waals surface area contributed by atoms with E-state index in [2.05, 4.69) is 15.6 Å². The third-order valence-electron chi connectivity index (χ3n) is 12.5. The Morgan fingerprint density at radius 3 is 2.15 bits per heavy atom. The van der Waals surface area contributed by atoms with Crippen LogP contribution in [0.25, 0.3) is 21.6 Å². The maximum atomic E-state index is 14.0.